The first kappa shape index (κ1) is 34.7. The van der Waals surface area contributed by atoms with Gasteiger partial charge in [0, 0.05) is 5.38 Å². The average molecular weight is 652 g/mol. The van der Waals surface area contributed by atoms with E-state index in [4.69, 9.17) is 14.3 Å². The maximum atomic E-state index is 13.4. The molecule has 1 fully saturated rings. The Morgan fingerprint density at radius 1 is 1.07 bits per heavy atom. The first-order valence-corrected chi connectivity index (χ1v) is 14.5. The molecule has 0 aliphatic carbocycles. The first-order valence-electron chi connectivity index (χ1n) is 13.6. The zero-order valence-corrected chi connectivity index (χ0v) is 26.9. The van der Waals surface area contributed by atoms with Crippen LogP contribution >= 0.6 is 11.3 Å². The summed E-state index contributed by atoms with van der Waals surface area (Å²) in [7, 11) is 0. The minimum absolute atomic E-state index is 0.00400. The molecule has 3 heterocycles. The van der Waals surface area contributed by atoms with Gasteiger partial charge in [-0.2, -0.15) is 5.10 Å². The summed E-state index contributed by atoms with van der Waals surface area (Å²) >= 11 is 0.954. The van der Waals surface area contributed by atoms with Crippen molar-refractivity contribution < 1.29 is 43.4 Å². The molecule has 246 valence electrons. The summed E-state index contributed by atoms with van der Waals surface area (Å²) < 4.78 is 11.8. The Kier molecular flexibility index (Phi) is 10.4. The Labute approximate surface area is 262 Å². The van der Waals surface area contributed by atoms with Crippen molar-refractivity contribution in [3.63, 3.8) is 0 Å². The molecular formula is C26H37N9O9S. The zero-order chi connectivity index (χ0) is 33.7. The Bertz CT molecular complexity index is 1470. The van der Waals surface area contributed by atoms with Crippen LogP contribution in [0.25, 0.3) is 0 Å². The summed E-state index contributed by atoms with van der Waals surface area (Å²) in [6.45, 7) is 12.8. The van der Waals surface area contributed by atoms with E-state index in [9.17, 15) is 29.1 Å². The molecule has 5 N–H and O–H groups in total. The maximum absolute atomic E-state index is 13.4. The van der Waals surface area contributed by atoms with Crippen molar-refractivity contribution in [2.75, 3.05) is 5.32 Å². The van der Waals surface area contributed by atoms with Gasteiger partial charge in [0.2, 0.25) is 11.5 Å². The first-order chi connectivity index (χ1) is 20.7. The number of β-lactam (4-membered cyclic amide) rings is 1. The van der Waals surface area contributed by atoms with Crippen molar-refractivity contribution in [1.29, 1.82) is 0 Å². The standard InChI is InChI=1S/C26H37N9O9S/c1-24(2,3)42-22(40)27-9-15-28-12-35(33-15)10-13-16(18(36)29-13)31-19(37)17(34-44-26(7,8)20(38)39)14-11-45-21(30-14)32-23(41)43-25(4,5)6/h11-13,16H,9-10H2,1-8H3,(H,27,40)(H,29,36)(H,31,37)(H,38,39)(H,30,32,41)/t13-,16-/m0/s1. The van der Waals surface area contributed by atoms with Gasteiger partial charge in [0.15, 0.2) is 16.7 Å². The van der Waals surface area contributed by atoms with Crippen LogP contribution in [-0.4, -0.2) is 89.4 Å². The molecule has 45 heavy (non-hydrogen) atoms. The van der Waals surface area contributed by atoms with E-state index in [1.807, 2.05) is 0 Å². The smallest absolute Gasteiger partial charge is 0.413 e. The molecular weight excluding hydrogens is 614 g/mol. The lowest BCUT2D eigenvalue weighted by molar-refractivity contribution is -0.161. The van der Waals surface area contributed by atoms with Crippen molar-refractivity contribution in [2.45, 2.75) is 97.4 Å². The van der Waals surface area contributed by atoms with E-state index in [-0.39, 0.29) is 23.9 Å². The summed E-state index contributed by atoms with van der Waals surface area (Å²) in [5.41, 5.74) is -3.73. The van der Waals surface area contributed by atoms with Crippen LogP contribution in [-0.2, 0) is 41.8 Å². The summed E-state index contributed by atoms with van der Waals surface area (Å²) in [6.07, 6.45) is -0.00653. The van der Waals surface area contributed by atoms with Crippen LogP contribution in [0.5, 0.6) is 0 Å². The second-order valence-electron chi connectivity index (χ2n) is 12.3. The van der Waals surface area contributed by atoms with E-state index in [1.165, 1.54) is 30.2 Å². The van der Waals surface area contributed by atoms with Crippen molar-refractivity contribution in [3.05, 3.63) is 23.2 Å². The Morgan fingerprint density at radius 3 is 2.31 bits per heavy atom. The number of aliphatic carboxylic acids is 1. The normalized spacial score (nSPS) is 17.0. The predicted octanol–water partition coefficient (Wildman–Crippen LogP) is 1.37. The number of alkyl carbamates (subject to hydrolysis) is 1. The number of nitrogens with zero attached hydrogens (tertiary/aromatic N) is 5. The van der Waals surface area contributed by atoms with Crippen LogP contribution in [0.3, 0.4) is 0 Å². The monoisotopic (exact) mass is 651 g/mol. The molecule has 2 aromatic heterocycles. The molecule has 0 saturated carbocycles. The minimum atomic E-state index is -1.81. The largest absolute Gasteiger partial charge is 0.478 e. The molecule has 3 rings (SSSR count). The Balaban J connectivity index is 1.70. The molecule has 1 saturated heterocycles. The molecule has 0 radical (unpaired) electrons. The predicted molar refractivity (Wildman–Crippen MR) is 158 cm³/mol. The van der Waals surface area contributed by atoms with Crippen molar-refractivity contribution in [3.8, 4) is 0 Å². The van der Waals surface area contributed by atoms with Gasteiger partial charge in [-0.1, -0.05) is 5.16 Å². The van der Waals surface area contributed by atoms with E-state index >= 15 is 0 Å². The van der Waals surface area contributed by atoms with Gasteiger partial charge in [-0.25, -0.2) is 24.4 Å². The third kappa shape index (κ3) is 10.4. The van der Waals surface area contributed by atoms with Gasteiger partial charge in [-0.3, -0.25) is 19.6 Å². The van der Waals surface area contributed by atoms with Crippen molar-refractivity contribution in [2.24, 2.45) is 5.16 Å². The number of carbonyl (C=O) groups excluding carboxylic acids is 4. The van der Waals surface area contributed by atoms with Crippen molar-refractivity contribution in [1.82, 2.24) is 35.7 Å². The van der Waals surface area contributed by atoms with Gasteiger partial charge in [-0.15, -0.1) is 11.3 Å². The van der Waals surface area contributed by atoms with Crippen LogP contribution in [0, 0.1) is 0 Å². The van der Waals surface area contributed by atoms with E-state index < -0.39 is 64.6 Å². The number of ether oxygens (including phenoxy) is 2. The number of anilines is 1. The molecule has 0 aromatic carbocycles. The lowest BCUT2D eigenvalue weighted by atomic mass is 9.98. The number of hydrogen-bond acceptors (Lipinski definition) is 13. The topological polar surface area (TPSA) is 237 Å². The lowest BCUT2D eigenvalue weighted by Crippen LogP contribution is -2.70. The summed E-state index contributed by atoms with van der Waals surface area (Å²) in [5.74, 6) is -2.43. The van der Waals surface area contributed by atoms with Crippen LogP contribution in [0.2, 0.25) is 0 Å². The number of carboxylic acid groups (broad SMARTS) is 1. The molecule has 0 bridgehead atoms. The SMILES string of the molecule is CC(C)(C)OC(=O)NCc1ncn(C[C@@H]2NC(=O)[C@H]2NC(=O)C(=NOC(C)(C)C(=O)O)c2csc(NC(=O)OC(C)(C)C)n2)n1. The third-order valence-corrected chi connectivity index (χ3v) is 6.26. The Morgan fingerprint density at radius 2 is 1.71 bits per heavy atom. The minimum Gasteiger partial charge on any atom is -0.478 e. The number of thiazole rings is 1. The molecule has 0 unspecified atom stereocenters. The highest BCUT2D eigenvalue weighted by atomic mass is 32.1. The van der Waals surface area contributed by atoms with Crippen molar-refractivity contribution >= 4 is 52.2 Å². The number of nitrogens with one attached hydrogen (secondary N) is 4. The number of oxime groups is 1. The number of carbonyl (C=O) groups is 5. The second-order valence-corrected chi connectivity index (χ2v) is 13.2. The number of aromatic nitrogens is 4. The molecule has 19 heteroatoms. The quantitative estimate of drug-likeness (QED) is 0.132. The highest BCUT2D eigenvalue weighted by molar-refractivity contribution is 7.14. The highest BCUT2D eigenvalue weighted by Crippen LogP contribution is 2.20. The highest BCUT2D eigenvalue weighted by Gasteiger charge is 2.42. The third-order valence-electron chi connectivity index (χ3n) is 5.51. The number of rotatable bonds is 11. The van der Waals surface area contributed by atoms with E-state index in [0.29, 0.717) is 5.82 Å². The fourth-order valence-corrected chi connectivity index (χ4v) is 4.05. The fourth-order valence-electron chi connectivity index (χ4n) is 3.37. The van der Waals surface area contributed by atoms with Gasteiger partial charge < -0.3 is 35.4 Å². The van der Waals surface area contributed by atoms with Crippen LogP contribution < -0.4 is 21.3 Å². The van der Waals surface area contributed by atoms with Crippen LogP contribution in [0.1, 0.15) is 66.9 Å². The van der Waals surface area contributed by atoms with Gasteiger partial charge in [-0.05, 0) is 55.4 Å². The molecule has 18 nitrogen and oxygen atoms in total. The van der Waals surface area contributed by atoms with Gasteiger partial charge >= 0.3 is 18.2 Å². The molecule has 1 aliphatic heterocycles. The molecule has 2 atom stereocenters. The molecule has 0 spiro atoms. The summed E-state index contributed by atoms with van der Waals surface area (Å²) in [6, 6.07) is -1.63. The zero-order valence-electron chi connectivity index (χ0n) is 26.1. The van der Waals surface area contributed by atoms with E-state index in [2.05, 4.69) is 41.5 Å². The van der Waals surface area contributed by atoms with Gasteiger partial charge in [0.25, 0.3) is 5.91 Å². The fraction of sp³-hybridized carbons (Fsp3) is 0.577. The van der Waals surface area contributed by atoms with E-state index in [0.717, 1.165) is 11.3 Å². The van der Waals surface area contributed by atoms with Gasteiger partial charge in [0.05, 0.1) is 19.1 Å². The summed E-state index contributed by atoms with van der Waals surface area (Å²) in [4.78, 5) is 74.8. The molecule has 1 aliphatic rings. The maximum Gasteiger partial charge on any atom is 0.413 e. The van der Waals surface area contributed by atoms with Crippen LogP contribution in [0.15, 0.2) is 16.9 Å². The second kappa shape index (κ2) is 13.4. The summed E-state index contributed by atoms with van der Waals surface area (Å²) in [5, 5.41) is 29.1. The van der Waals surface area contributed by atoms with Gasteiger partial charge in [0.1, 0.15) is 29.3 Å². The molecule has 4 amide bonds. The molecule has 2 aromatic rings. The number of hydrogen-bond donors (Lipinski definition) is 5. The lowest BCUT2D eigenvalue weighted by Gasteiger charge is -2.36. The Hall–Kier alpha value is -4.81. The van der Waals surface area contributed by atoms with Crippen LogP contribution in [0.4, 0.5) is 14.7 Å². The average Bonchev–Trinajstić information content (AvgIpc) is 3.53. The number of amides is 4. The van der Waals surface area contributed by atoms with E-state index in [1.54, 1.807) is 41.5 Å². The number of carboxylic acids is 1.